The van der Waals surface area contributed by atoms with Crippen molar-refractivity contribution in [2.45, 2.75) is 58.1 Å². The number of carbonyl (C=O) groups excluding carboxylic acids is 3. The maximum Gasteiger partial charge on any atom is 0.410 e. The smallest absolute Gasteiger partial charge is 0.410 e. The summed E-state index contributed by atoms with van der Waals surface area (Å²) in [6.07, 6.45) is 0.658. The molecule has 152 valence electrons. The first-order valence-electron chi connectivity index (χ1n) is 9.82. The number of hydrogen-bond acceptors (Lipinski definition) is 5. The van der Waals surface area contributed by atoms with Gasteiger partial charge in [-0.3, -0.25) is 14.9 Å². The molecule has 2 heterocycles. The molecule has 7 heteroatoms. The second-order valence-corrected chi connectivity index (χ2v) is 8.56. The fourth-order valence-electron chi connectivity index (χ4n) is 3.71. The highest BCUT2D eigenvalue weighted by atomic mass is 16.6. The molecule has 28 heavy (non-hydrogen) atoms. The van der Waals surface area contributed by atoms with Crippen molar-refractivity contribution in [3.63, 3.8) is 0 Å². The van der Waals surface area contributed by atoms with Gasteiger partial charge in [-0.15, -0.1) is 0 Å². The molecule has 1 aromatic carbocycles. The van der Waals surface area contributed by atoms with Gasteiger partial charge in [0.1, 0.15) is 5.60 Å². The first kappa shape index (κ1) is 20.2. The minimum Gasteiger partial charge on any atom is -0.444 e. The molecule has 2 aliphatic rings. The van der Waals surface area contributed by atoms with E-state index in [1.54, 1.807) is 4.90 Å². The van der Waals surface area contributed by atoms with Crippen LogP contribution in [-0.4, -0.2) is 54.1 Å². The molecule has 2 aliphatic heterocycles. The Kier molecular flexibility index (Phi) is 5.63. The first-order valence-corrected chi connectivity index (χ1v) is 9.82. The average Bonchev–Trinajstić information content (AvgIpc) is 2.60. The molecule has 1 N–H and O–H groups in total. The molecule has 0 spiro atoms. The summed E-state index contributed by atoms with van der Waals surface area (Å²) in [6.45, 7) is 9.68. The molecule has 3 amide bonds. The molecule has 1 aromatic rings. The number of hydrogen-bond donors (Lipinski definition) is 1. The van der Waals surface area contributed by atoms with Gasteiger partial charge in [0.15, 0.2) is 0 Å². The number of nitrogens with zero attached hydrogens (tertiary/aromatic N) is 2. The van der Waals surface area contributed by atoms with Crippen LogP contribution in [0.4, 0.5) is 10.5 Å². The Morgan fingerprint density at radius 3 is 2.39 bits per heavy atom. The lowest BCUT2D eigenvalue weighted by Gasteiger charge is -2.41. The van der Waals surface area contributed by atoms with Crippen molar-refractivity contribution in [1.82, 2.24) is 10.2 Å². The third-order valence-corrected chi connectivity index (χ3v) is 5.16. The monoisotopic (exact) mass is 387 g/mol. The van der Waals surface area contributed by atoms with Crippen LogP contribution in [0.25, 0.3) is 0 Å². The van der Waals surface area contributed by atoms with Gasteiger partial charge in [0, 0.05) is 37.8 Å². The standard InChI is InChI=1S/C21H29N3O4/c1-14-13-23(11-12-24(14)20(27)28-21(2,3)4)16-7-5-15(6-8-16)17-9-10-18(25)22-19(17)26/h5-8,14,17H,9-13H2,1-4H3,(H,22,25,26). The summed E-state index contributed by atoms with van der Waals surface area (Å²) in [5, 5.41) is 2.41. The molecule has 7 nitrogen and oxygen atoms in total. The SMILES string of the molecule is CC1CN(c2ccc(C3CCC(=O)NC3=O)cc2)CCN1C(=O)OC(C)(C)C. The molecule has 0 aliphatic carbocycles. The van der Waals surface area contributed by atoms with Gasteiger partial charge in [-0.25, -0.2) is 4.79 Å². The van der Waals surface area contributed by atoms with E-state index in [1.807, 2.05) is 52.0 Å². The highest BCUT2D eigenvalue weighted by molar-refractivity contribution is 6.00. The number of benzene rings is 1. The van der Waals surface area contributed by atoms with E-state index in [1.165, 1.54) is 0 Å². The largest absolute Gasteiger partial charge is 0.444 e. The van der Waals surface area contributed by atoms with Crippen molar-refractivity contribution in [3.05, 3.63) is 29.8 Å². The molecule has 2 fully saturated rings. The van der Waals surface area contributed by atoms with Crippen LogP contribution in [-0.2, 0) is 14.3 Å². The predicted octanol–water partition coefficient (Wildman–Crippen LogP) is 2.65. The minimum absolute atomic E-state index is 0.0402. The highest BCUT2D eigenvalue weighted by Crippen LogP contribution is 2.28. The zero-order valence-corrected chi connectivity index (χ0v) is 17.0. The lowest BCUT2D eigenvalue weighted by Crippen LogP contribution is -2.55. The average molecular weight is 387 g/mol. The molecule has 0 saturated carbocycles. The zero-order chi connectivity index (χ0) is 20.5. The predicted molar refractivity (Wildman–Crippen MR) is 106 cm³/mol. The van der Waals surface area contributed by atoms with Crippen LogP contribution >= 0.6 is 0 Å². The van der Waals surface area contributed by atoms with E-state index in [0.29, 0.717) is 19.4 Å². The number of anilines is 1. The van der Waals surface area contributed by atoms with Gasteiger partial charge < -0.3 is 14.5 Å². The van der Waals surface area contributed by atoms with Gasteiger partial charge in [0.25, 0.3) is 0 Å². The third-order valence-electron chi connectivity index (χ3n) is 5.16. The number of amides is 3. The molecular weight excluding hydrogens is 358 g/mol. The van der Waals surface area contributed by atoms with Crippen molar-refractivity contribution in [2.75, 3.05) is 24.5 Å². The van der Waals surface area contributed by atoms with E-state index in [2.05, 4.69) is 10.2 Å². The zero-order valence-electron chi connectivity index (χ0n) is 17.0. The van der Waals surface area contributed by atoms with Crippen LogP contribution in [0.1, 0.15) is 52.0 Å². The van der Waals surface area contributed by atoms with Crippen LogP contribution < -0.4 is 10.2 Å². The fraction of sp³-hybridized carbons (Fsp3) is 0.571. The highest BCUT2D eigenvalue weighted by Gasteiger charge is 2.31. The molecule has 0 aromatic heterocycles. The Labute approximate surface area is 166 Å². The molecular formula is C21H29N3O4. The Hall–Kier alpha value is -2.57. The van der Waals surface area contributed by atoms with Crippen molar-refractivity contribution in [2.24, 2.45) is 0 Å². The summed E-state index contributed by atoms with van der Waals surface area (Å²) in [6, 6.07) is 7.98. The Bertz CT molecular complexity index is 754. The van der Waals surface area contributed by atoms with E-state index < -0.39 is 5.60 Å². The van der Waals surface area contributed by atoms with Gasteiger partial charge in [-0.1, -0.05) is 12.1 Å². The van der Waals surface area contributed by atoms with Crippen molar-refractivity contribution in [1.29, 1.82) is 0 Å². The van der Waals surface area contributed by atoms with Gasteiger partial charge in [0.2, 0.25) is 11.8 Å². The van der Waals surface area contributed by atoms with E-state index in [9.17, 15) is 14.4 Å². The van der Waals surface area contributed by atoms with Crippen molar-refractivity contribution in [3.8, 4) is 0 Å². The third kappa shape index (κ3) is 4.64. The number of piperazine rings is 1. The lowest BCUT2D eigenvalue weighted by molar-refractivity contribution is -0.134. The Morgan fingerprint density at radius 2 is 1.82 bits per heavy atom. The van der Waals surface area contributed by atoms with E-state index in [0.717, 1.165) is 24.3 Å². The van der Waals surface area contributed by atoms with Crippen molar-refractivity contribution >= 4 is 23.6 Å². The Morgan fingerprint density at radius 1 is 1.14 bits per heavy atom. The van der Waals surface area contributed by atoms with Gasteiger partial charge in [-0.05, 0) is 51.8 Å². The summed E-state index contributed by atoms with van der Waals surface area (Å²) in [5.41, 5.74) is 1.49. The van der Waals surface area contributed by atoms with Gasteiger partial charge >= 0.3 is 6.09 Å². The number of carbonyl (C=O) groups is 3. The number of ether oxygens (including phenoxy) is 1. The maximum absolute atomic E-state index is 12.4. The summed E-state index contributed by atoms with van der Waals surface area (Å²) < 4.78 is 5.50. The summed E-state index contributed by atoms with van der Waals surface area (Å²) in [4.78, 5) is 39.7. The van der Waals surface area contributed by atoms with Crippen molar-refractivity contribution < 1.29 is 19.1 Å². The Balaban J connectivity index is 1.62. The molecule has 2 unspecified atom stereocenters. The minimum atomic E-state index is -0.500. The van der Waals surface area contributed by atoms with Crippen LogP contribution in [0.3, 0.4) is 0 Å². The summed E-state index contributed by atoms with van der Waals surface area (Å²) >= 11 is 0. The number of nitrogens with one attached hydrogen (secondary N) is 1. The quantitative estimate of drug-likeness (QED) is 0.790. The second kappa shape index (κ2) is 7.81. The number of rotatable bonds is 2. The fourth-order valence-corrected chi connectivity index (χ4v) is 3.71. The normalized spacial score (nSPS) is 23.4. The molecule has 2 atom stereocenters. The number of piperidine rings is 1. The van der Waals surface area contributed by atoms with E-state index in [-0.39, 0.29) is 29.9 Å². The summed E-state index contributed by atoms with van der Waals surface area (Å²) in [7, 11) is 0. The number of imide groups is 1. The van der Waals surface area contributed by atoms with Crippen LogP contribution in [0.15, 0.2) is 24.3 Å². The van der Waals surface area contributed by atoms with E-state index >= 15 is 0 Å². The van der Waals surface area contributed by atoms with Gasteiger partial charge in [0.05, 0.1) is 5.92 Å². The lowest BCUT2D eigenvalue weighted by atomic mass is 9.90. The van der Waals surface area contributed by atoms with Crippen LogP contribution in [0.2, 0.25) is 0 Å². The summed E-state index contributed by atoms with van der Waals surface area (Å²) in [5.74, 6) is -0.687. The van der Waals surface area contributed by atoms with Crippen LogP contribution in [0, 0.1) is 0 Å². The molecule has 2 saturated heterocycles. The first-order chi connectivity index (χ1) is 13.1. The topological polar surface area (TPSA) is 79.0 Å². The molecule has 0 bridgehead atoms. The van der Waals surface area contributed by atoms with Crippen LogP contribution in [0.5, 0.6) is 0 Å². The molecule has 0 radical (unpaired) electrons. The van der Waals surface area contributed by atoms with Gasteiger partial charge in [-0.2, -0.15) is 0 Å². The second-order valence-electron chi connectivity index (χ2n) is 8.56. The maximum atomic E-state index is 12.4. The molecule has 3 rings (SSSR count). The van der Waals surface area contributed by atoms with E-state index in [4.69, 9.17) is 4.74 Å².